The quantitative estimate of drug-likeness (QED) is 0.476. The third-order valence-electron chi connectivity index (χ3n) is 3.37. The molecule has 0 aliphatic carbocycles. The van der Waals surface area contributed by atoms with Gasteiger partial charge in [0.05, 0.1) is 16.2 Å². The lowest BCUT2D eigenvalue weighted by molar-refractivity contribution is -0.384. The van der Waals surface area contributed by atoms with Crippen molar-refractivity contribution in [3.63, 3.8) is 0 Å². The van der Waals surface area contributed by atoms with Crippen LogP contribution in [-0.4, -0.2) is 28.0 Å². The molecule has 0 heterocycles. The normalized spacial score (nSPS) is 11.1. The SMILES string of the molecule is CC(OC(=O)c1ccccc1O)C(=O)Nc1ccc([N+](=O)[O-])cc1C#N. The number of hydrogen-bond donors (Lipinski definition) is 2. The van der Waals surface area contributed by atoms with Crippen LogP contribution in [0, 0.1) is 21.4 Å². The van der Waals surface area contributed by atoms with Crippen LogP contribution in [0.25, 0.3) is 0 Å². The largest absolute Gasteiger partial charge is 0.507 e. The Bertz CT molecular complexity index is 919. The number of aromatic hydroxyl groups is 1. The van der Waals surface area contributed by atoms with Crippen LogP contribution in [0.1, 0.15) is 22.8 Å². The van der Waals surface area contributed by atoms with Gasteiger partial charge in [-0.2, -0.15) is 5.26 Å². The van der Waals surface area contributed by atoms with Gasteiger partial charge in [-0.3, -0.25) is 14.9 Å². The number of nitro benzene ring substituents is 1. The predicted octanol–water partition coefficient (Wildman–Crippen LogP) is 2.36. The van der Waals surface area contributed by atoms with Crippen LogP contribution in [-0.2, 0) is 9.53 Å². The van der Waals surface area contributed by atoms with Gasteiger partial charge in [0.15, 0.2) is 6.10 Å². The van der Waals surface area contributed by atoms with Crippen molar-refractivity contribution >= 4 is 23.3 Å². The molecule has 0 aromatic heterocycles. The fourth-order valence-electron chi connectivity index (χ4n) is 2.01. The topological polar surface area (TPSA) is 143 Å². The number of nitro groups is 1. The molecule has 0 bridgehead atoms. The summed E-state index contributed by atoms with van der Waals surface area (Å²) in [6, 6.07) is 10.8. The van der Waals surface area contributed by atoms with E-state index in [0.717, 1.165) is 12.1 Å². The van der Waals surface area contributed by atoms with Crippen LogP contribution in [0.3, 0.4) is 0 Å². The number of anilines is 1. The number of phenolic OH excluding ortho intramolecular Hbond substituents is 1. The molecule has 2 N–H and O–H groups in total. The number of para-hydroxylation sites is 1. The molecule has 132 valence electrons. The van der Waals surface area contributed by atoms with E-state index in [-0.39, 0.29) is 28.3 Å². The van der Waals surface area contributed by atoms with Crippen molar-refractivity contribution in [1.29, 1.82) is 5.26 Å². The van der Waals surface area contributed by atoms with Crippen LogP contribution in [0.5, 0.6) is 5.75 Å². The molecule has 1 amide bonds. The third-order valence-corrected chi connectivity index (χ3v) is 3.37. The molecular weight excluding hydrogens is 342 g/mol. The van der Waals surface area contributed by atoms with E-state index >= 15 is 0 Å². The number of benzene rings is 2. The molecule has 9 nitrogen and oxygen atoms in total. The Morgan fingerprint density at radius 1 is 1.31 bits per heavy atom. The first-order chi connectivity index (χ1) is 12.3. The summed E-state index contributed by atoms with van der Waals surface area (Å²) < 4.78 is 4.98. The summed E-state index contributed by atoms with van der Waals surface area (Å²) in [7, 11) is 0. The van der Waals surface area contributed by atoms with Crippen molar-refractivity contribution < 1.29 is 24.4 Å². The number of non-ortho nitro benzene ring substituents is 1. The number of nitriles is 1. The number of nitrogens with one attached hydrogen (secondary N) is 1. The van der Waals surface area contributed by atoms with Gasteiger partial charge in [0.1, 0.15) is 17.4 Å². The summed E-state index contributed by atoms with van der Waals surface area (Å²) in [6.45, 7) is 1.31. The molecule has 9 heteroatoms. The number of carbonyl (C=O) groups is 2. The Morgan fingerprint density at radius 3 is 2.62 bits per heavy atom. The van der Waals surface area contributed by atoms with E-state index in [1.165, 1.54) is 37.3 Å². The molecule has 0 saturated carbocycles. The van der Waals surface area contributed by atoms with Gasteiger partial charge in [0, 0.05) is 12.1 Å². The maximum Gasteiger partial charge on any atom is 0.342 e. The summed E-state index contributed by atoms with van der Waals surface area (Å²) >= 11 is 0. The summed E-state index contributed by atoms with van der Waals surface area (Å²) in [5.41, 5.74) is -0.445. The van der Waals surface area contributed by atoms with Crippen molar-refractivity contribution in [3.8, 4) is 11.8 Å². The molecule has 0 saturated heterocycles. The van der Waals surface area contributed by atoms with Gasteiger partial charge in [0.25, 0.3) is 11.6 Å². The standard InChI is InChI=1S/C17H13N3O6/c1-10(26-17(23)13-4-2-3-5-15(13)21)16(22)19-14-7-6-12(20(24)25)8-11(14)9-18/h2-8,10,21H,1H3,(H,19,22). The highest BCUT2D eigenvalue weighted by molar-refractivity contribution is 5.99. The summed E-state index contributed by atoms with van der Waals surface area (Å²) in [5.74, 6) is -1.92. The van der Waals surface area contributed by atoms with Crippen molar-refractivity contribution in [3.05, 3.63) is 63.7 Å². The number of ether oxygens (including phenoxy) is 1. The van der Waals surface area contributed by atoms with Gasteiger partial charge in [-0.1, -0.05) is 12.1 Å². The second-order valence-corrected chi connectivity index (χ2v) is 5.15. The lowest BCUT2D eigenvalue weighted by Gasteiger charge is -2.14. The Morgan fingerprint density at radius 2 is 2.00 bits per heavy atom. The molecule has 26 heavy (non-hydrogen) atoms. The van der Waals surface area contributed by atoms with Gasteiger partial charge in [-0.15, -0.1) is 0 Å². The minimum absolute atomic E-state index is 0.0496. The Labute approximate surface area is 147 Å². The molecule has 0 aliphatic heterocycles. The summed E-state index contributed by atoms with van der Waals surface area (Å²) in [5, 5.41) is 31.8. The monoisotopic (exact) mass is 355 g/mol. The molecule has 0 fully saturated rings. The number of esters is 1. The molecule has 0 radical (unpaired) electrons. The van der Waals surface area contributed by atoms with Crippen LogP contribution in [0.2, 0.25) is 0 Å². The molecule has 0 spiro atoms. The van der Waals surface area contributed by atoms with Crippen LogP contribution >= 0.6 is 0 Å². The lowest BCUT2D eigenvalue weighted by Crippen LogP contribution is -2.30. The van der Waals surface area contributed by atoms with Gasteiger partial charge in [0.2, 0.25) is 0 Å². The second kappa shape index (κ2) is 7.76. The zero-order chi connectivity index (χ0) is 19.3. The zero-order valence-corrected chi connectivity index (χ0v) is 13.5. The molecule has 1 atom stereocenters. The van der Waals surface area contributed by atoms with E-state index in [9.17, 15) is 24.8 Å². The summed E-state index contributed by atoms with van der Waals surface area (Å²) in [4.78, 5) is 34.2. The minimum atomic E-state index is -1.23. The number of rotatable bonds is 5. The van der Waals surface area contributed by atoms with Crippen LogP contribution in [0.4, 0.5) is 11.4 Å². The molecule has 2 aromatic rings. The van der Waals surface area contributed by atoms with Gasteiger partial charge in [-0.25, -0.2) is 4.79 Å². The molecule has 1 unspecified atom stereocenters. The van der Waals surface area contributed by atoms with Crippen LogP contribution in [0.15, 0.2) is 42.5 Å². The molecular formula is C17H13N3O6. The van der Waals surface area contributed by atoms with E-state index in [1.54, 1.807) is 6.07 Å². The Balaban J connectivity index is 2.10. The van der Waals surface area contributed by atoms with E-state index < -0.39 is 22.9 Å². The molecule has 2 rings (SSSR count). The lowest BCUT2D eigenvalue weighted by atomic mass is 10.1. The first kappa shape index (κ1) is 18.4. The Hall–Kier alpha value is -3.93. The van der Waals surface area contributed by atoms with E-state index in [2.05, 4.69) is 5.32 Å². The maximum atomic E-state index is 12.2. The van der Waals surface area contributed by atoms with Crippen molar-refractivity contribution in [2.24, 2.45) is 0 Å². The fraction of sp³-hybridized carbons (Fsp3) is 0.118. The minimum Gasteiger partial charge on any atom is -0.507 e. The first-order valence-corrected chi connectivity index (χ1v) is 7.32. The van der Waals surface area contributed by atoms with Crippen molar-refractivity contribution in [2.75, 3.05) is 5.32 Å². The van der Waals surface area contributed by atoms with Gasteiger partial charge in [-0.05, 0) is 25.1 Å². The average molecular weight is 355 g/mol. The Kier molecular flexibility index (Phi) is 5.49. The second-order valence-electron chi connectivity index (χ2n) is 5.15. The maximum absolute atomic E-state index is 12.2. The summed E-state index contributed by atoms with van der Waals surface area (Å²) in [6.07, 6.45) is -1.23. The number of hydrogen-bond acceptors (Lipinski definition) is 7. The van der Waals surface area contributed by atoms with Gasteiger partial charge < -0.3 is 15.2 Å². The van der Waals surface area contributed by atoms with Gasteiger partial charge >= 0.3 is 5.97 Å². The highest BCUT2D eigenvalue weighted by atomic mass is 16.6. The number of nitrogens with zero attached hydrogens (tertiary/aromatic N) is 2. The van der Waals surface area contributed by atoms with Crippen LogP contribution < -0.4 is 5.32 Å². The smallest absolute Gasteiger partial charge is 0.342 e. The van der Waals surface area contributed by atoms with E-state index in [0.29, 0.717) is 0 Å². The number of carbonyl (C=O) groups excluding carboxylic acids is 2. The highest BCUT2D eigenvalue weighted by Crippen LogP contribution is 2.22. The number of phenols is 1. The molecule has 0 aliphatic rings. The zero-order valence-electron chi connectivity index (χ0n) is 13.5. The first-order valence-electron chi connectivity index (χ1n) is 7.32. The number of amides is 1. The predicted molar refractivity (Wildman–Crippen MR) is 89.4 cm³/mol. The fourth-order valence-corrected chi connectivity index (χ4v) is 2.01. The van der Waals surface area contributed by atoms with Crippen molar-refractivity contribution in [2.45, 2.75) is 13.0 Å². The highest BCUT2D eigenvalue weighted by Gasteiger charge is 2.22. The van der Waals surface area contributed by atoms with Crippen molar-refractivity contribution in [1.82, 2.24) is 0 Å². The van der Waals surface area contributed by atoms with E-state index in [4.69, 9.17) is 10.00 Å². The van der Waals surface area contributed by atoms with E-state index in [1.807, 2.05) is 0 Å². The average Bonchev–Trinajstić information content (AvgIpc) is 2.61. The third kappa shape index (κ3) is 4.12. The molecule has 2 aromatic carbocycles.